The molecule has 52 nitrogen and oxygen atoms in total. The van der Waals surface area contributed by atoms with Gasteiger partial charge in [0.1, 0.15) is 110 Å². The number of carboxylic acids is 2. The van der Waals surface area contributed by atoms with E-state index in [1.54, 1.807) is 5.48 Å². The molecule has 5 rings (SSSR count). The molecule has 534 valence electrons. The molecule has 91 heavy (non-hydrogen) atoms. The second-order valence-corrected chi connectivity index (χ2v) is 26.2. The number of hydrogen-bond acceptors (Lipinski definition) is 40. The maximum atomic E-state index is 13.0. The zero-order chi connectivity index (χ0) is 69.0. The number of carbonyl (C=O) groups is 2. The fraction of sp³-hybridized carbons (Fsp3) is 0.935. The molecule has 0 aromatic rings. The molecule has 19 N–H and O–H groups in total. The summed E-state index contributed by atoms with van der Waals surface area (Å²) in [5.74, 6) is -4.80. The van der Waals surface area contributed by atoms with Gasteiger partial charge >= 0.3 is 96.9 Å². The van der Waals surface area contributed by atoms with Crippen molar-refractivity contribution in [3.8, 4) is 0 Å². The summed E-state index contributed by atoms with van der Waals surface area (Å²) in [4.78, 5) is 30.4. The second kappa shape index (κ2) is 31.8. The van der Waals surface area contributed by atoms with Gasteiger partial charge in [-0.15, -0.1) is 4.33 Å². The van der Waals surface area contributed by atoms with Crippen LogP contribution in [-0.4, -0.2) is 328 Å². The van der Waals surface area contributed by atoms with Crippen LogP contribution < -0.4 is 14.9 Å². The molecule has 5 heterocycles. The Hall–Kier alpha value is -2.42. The summed E-state index contributed by atoms with van der Waals surface area (Å²) in [6.07, 6.45) is -61.4. The van der Waals surface area contributed by atoms with Crippen molar-refractivity contribution in [1.82, 2.24) is 14.9 Å². The largest absolute Gasteiger partial charge is 0.479 e. The van der Waals surface area contributed by atoms with E-state index >= 15 is 0 Å². The normalized spacial score (nSPS) is 39.0. The van der Waals surface area contributed by atoms with Crippen molar-refractivity contribution < 1.29 is 223 Å². The molecule has 0 saturated carbocycles. The fourth-order valence-electron chi connectivity index (χ4n) is 8.89. The van der Waals surface area contributed by atoms with Crippen LogP contribution in [0, 0.1) is 0 Å². The van der Waals surface area contributed by atoms with Crippen LogP contribution >= 0.6 is 0 Å². The van der Waals surface area contributed by atoms with E-state index in [0.29, 0.717) is 0 Å². The van der Waals surface area contributed by atoms with E-state index in [1.165, 1.54) is 9.44 Å². The first-order valence-corrected chi connectivity index (χ1v) is 33.9. The quantitative estimate of drug-likeness (QED) is 0.0129. The lowest BCUT2D eigenvalue weighted by molar-refractivity contribution is -0.378. The number of aliphatic hydroxyl groups excluding tert-OH is 6. The third-order valence-electron chi connectivity index (χ3n) is 12.4. The highest BCUT2D eigenvalue weighted by molar-refractivity contribution is 7.84. The Morgan fingerprint density at radius 2 is 0.879 bits per heavy atom. The summed E-state index contributed by atoms with van der Waals surface area (Å²) < 4.78 is 325. The van der Waals surface area contributed by atoms with E-state index < -0.39 is 270 Å². The highest BCUT2D eigenvalue weighted by Crippen LogP contribution is 2.38. The lowest BCUT2D eigenvalue weighted by Crippen LogP contribution is -2.71. The first-order valence-electron chi connectivity index (χ1n) is 23.5. The van der Waals surface area contributed by atoms with E-state index in [1.807, 2.05) is 0 Å². The highest BCUT2D eigenvalue weighted by Gasteiger charge is 2.61. The molecule has 5 fully saturated rings. The summed E-state index contributed by atoms with van der Waals surface area (Å²) in [6, 6.07) is -7.73. The van der Waals surface area contributed by atoms with Gasteiger partial charge in [0.2, 0.25) is 0 Å². The third kappa shape index (κ3) is 23.1. The van der Waals surface area contributed by atoms with Gasteiger partial charge in [-0.2, -0.15) is 78.1 Å². The highest BCUT2D eigenvalue weighted by atomic mass is 32.3. The van der Waals surface area contributed by atoms with Crippen LogP contribution in [0.5, 0.6) is 0 Å². The molecule has 5 saturated heterocycles. The third-order valence-corrected chi connectivity index (χ3v) is 15.8. The molecule has 5 aliphatic heterocycles. The Kier molecular flexibility index (Phi) is 27.7. The Morgan fingerprint density at radius 3 is 1.36 bits per heavy atom. The van der Waals surface area contributed by atoms with Crippen molar-refractivity contribution in [2.45, 2.75) is 153 Å². The van der Waals surface area contributed by atoms with E-state index in [4.69, 9.17) is 56.5 Å². The average Bonchev–Trinajstić information content (AvgIpc) is 0.774. The Morgan fingerprint density at radius 1 is 0.440 bits per heavy atom. The van der Waals surface area contributed by atoms with Crippen LogP contribution in [0.1, 0.15) is 0 Å². The van der Waals surface area contributed by atoms with Gasteiger partial charge < -0.3 is 88.2 Å². The predicted octanol–water partition coefficient (Wildman–Crippen LogP) is -13.2. The predicted molar refractivity (Wildman–Crippen MR) is 262 cm³/mol. The molecular weight excluding hydrogens is 1450 g/mol. The smallest absolute Gasteiger partial charge is 0.397 e. The number of methoxy groups -OCH3 is 1. The fourth-order valence-corrected chi connectivity index (χ4v) is 12.0. The Bertz CT molecular complexity index is 3240. The lowest BCUT2D eigenvalue weighted by atomic mass is 9.94. The number of ether oxygens (including phenoxy) is 10. The molecule has 12 unspecified atom stereocenters. The van der Waals surface area contributed by atoms with E-state index in [0.717, 1.165) is 7.11 Å². The molecule has 0 aliphatic carbocycles. The standard InChI is InChI=1S/C31H53N3O49S8/c1-67-27-8(32-82-84(45)46)13(37)17(7(72-27)4-70-89(58,59)60)74-31-22(81-91(64,65)66)16(40)21(24(79-31)26(43)44)77-29-10(34-87(52,53)54)19(80-90(61,62)63)18(6(73-29)2-68-83-85(47)48)75-30-15(39)14(38)20(23(78-30)25(41)42)76-28-9(33-86(49,50)51)12(36)11(35)5(71-28)3-69-88(55,56)57/h5-24,27-40H,2-4H2,1H3,(H,41,42)(H,43,44)(H,45,46)(H,47,48)(H,49,50,51)(H,52,53,54)(H,55,56,57)(H,58,59,60)(H,61,62,63)(H,64,65,66)/t5-,6?,7-,8?,9?,10?,11-,12?,13?,14?,15?,16-,17-,18+,19-,20+,21-,22?,23+,24?,27+,28-,29+,30+,31-/m1/s1. The van der Waals surface area contributed by atoms with Gasteiger partial charge in [0, 0.05) is 7.11 Å². The number of aliphatic hydroxyl groups is 6. The van der Waals surface area contributed by atoms with Crippen LogP contribution in [0.15, 0.2) is 0 Å². The Balaban J connectivity index is 1.58. The molecular formula is C31H53N3O49S8. The van der Waals surface area contributed by atoms with Gasteiger partial charge in [-0.3, -0.25) is 36.4 Å². The van der Waals surface area contributed by atoms with Gasteiger partial charge in [-0.1, -0.05) is 0 Å². The van der Waals surface area contributed by atoms with E-state index in [-0.39, 0.29) is 0 Å². The summed E-state index contributed by atoms with van der Waals surface area (Å²) in [6.45, 7) is -4.64. The van der Waals surface area contributed by atoms with Crippen molar-refractivity contribution in [2.75, 3.05) is 26.9 Å². The summed E-state index contributed by atoms with van der Waals surface area (Å²) in [5, 5.41) is 88.1. The number of carboxylic acid groups (broad SMARTS) is 2. The monoisotopic (exact) mass is 1510 g/mol. The lowest BCUT2D eigenvalue weighted by Gasteiger charge is -2.50. The molecule has 60 heteroatoms. The van der Waals surface area contributed by atoms with Gasteiger partial charge in [0.15, 0.2) is 49.8 Å². The SMILES string of the molecule is CO[C@H]1O[C@H](COS(=O)(=O)O)[C@@H](O[C@@H]2OC(C(=O)O)[C@H](O[C@@H]3OC(COOS(=O)O)[C@H](O[C@H]4O[C@H](C(=O)O)[C@@H](O[C@H]5O[C@H](COS(=O)(=O)O)[C@@H](O)C(O)C5NS(=O)(=O)O)C(O)C4O)[C@H](OS(=O)(=O)O)C3NS(=O)(=O)O)[C@@H](O)C2OS(=O)(=O)O)C(O)C1NOS(=O)O. The van der Waals surface area contributed by atoms with Crippen molar-refractivity contribution in [3.05, 3.63) is 0 Å². The number of nitrogens with one attached hydrogen (secondary N) is 3. The van der Waals surface area contributed by atoms with E-state index in [2.05, 4.69) is 30.2 Å². The molecule has 0 amide bonds. The minimum Gasteiger partial charge on any atom is -0.479 e. The second-order valence-electron chi connectivity index (χ2n) is 18.4. The van der Waals surface area contributed by atoms with Crippen LogP contribution in [-0.2, 0) is 172 Å². The van der Waals surface area contributed by atoms with Gasteiger partial charge in [-0.25, -0.2) is 31.2 Å². The average molecular weight is 1510 g/mol. The zero-order valence-corrected chi connectivity index (χ0v) is 50.5. The van der Waals surface area contributed by atoms with Gasteiger partial charge in [0.05, 0.1) is 13.2 Å². The Labute approximate surface area is 513 Å². The number of hydrogen-bond donors (Lipinski definition) is 19. The summed E-state index contributed by atoms with van der Waals surface area (Å²) in [5.41, 5.74) is 1.77. The molecule has 5 aliphatic rings. The maximum absolute atomic E-state index is 13.0. The molecule has 0 spiro atoms. The van der Waals surface area contributed by atoms with Crippen molar-refractivity contribution in [3.63, 3.8) is 0 Å². The first-order chi connectivity index (χ1) is 41.6. The molecule has 0 aromatic carbocycles. The minimum absolute atomic E-state index is 0.835. The van der Waals surface area contributed by atoms with Crippen LogP contribution in [0.2, 0.25) is 0 Å². The van der Waals surface area contributed by atoms with Crippen molar-refractivity contribution >= 4 is 96.9 Å². The summed E-state index contributed by atoms with van der Waals surface area (Å²) >= 11 is -6.76. The van der Waals surface area contributed by atoms with Gasteiger partial charge in [-0.05, 0) is 0 Å². The van der Waals surface area contributed by atoms with Crippen LogP contribution in [0.4, 0.5) is 0 Å². The number of hydroxylamine groups is 1. The molecule has 0 radical (unpaired) electrons. The zero-order valence-electron chi connectivity index (χ0n) is 43.9. The first kappa shape index (κ1) is 79.3. The van der Waals surface area contributed by atoms with Crippen molar-refractivity contribution in [2.24, 2.45) is 0 Å². The molecule has 27 atom stereocenters. The van der Waals surface area contributed by atoms with Gasteiger partial charge in [0.25, 0.3) is 0 Å². The van der Waals surface area contributed by atoms with Crippen LogP contribution in [0.25, 0.3) is 0 Å². The molecule has 0 bridgehead atoms. The summed E-state index contributed by atoms with van der Waals surface area (Å²) in [7, 11) is -34.1. The number of aliphatic carboxylic acids is 2. The maximum Gasteiger partial charge on any atom is 0.397 e. The minimum atomic E-state index is -6.29. The molecule has 0 aromatic heterocycles. The topological polar surface area (TPSA) is 790 Å². The number of rotatable bonds is 32. The van der Waals surface area contributed by atoms with Crippen molar-refractivity contribution in [1.29, 1.82) is 0 Å². The van der Waals surface area contributed by atoms with Crippen LogP contribution in [0.3, 0.4) is 0 Å². The van der Waals surface area contributed by atoms with E-state index in [9.17, 15) is 137 Å².